The van der Waals surface area contributed by atoms with Gasteiger partial charge in [0, 0.05) is 0 Å². The van der Waals surface area contributed by atoms with Crippen LogP contribution in [0.2, 0.25) is 0 Å². The number of esters is 2. The number of ether oxygens (including phenoxy) is 1. The molecule has 0 saturated carbocycles. The van der Waals surface area contributed by atoms with E-state index in [1.54, 1.807) is 12.1 Å². The first-order chi connectivity index (χ1) is 14.8. The van der Waals surface area contributed by atoms with Crippen molar-refractivity contribution in [3.8, 4) is 12.1 Å². The average Bonchev–Trinajstić information content (AvgIpc) is 2.75. The van der Waals surface area contributed by atoms with Gasteiger partial charge >= 0.3 is 23.9 Å². The van der Waals surface area contributed by atoms with Crippen LogP contribution in [0, 0.1) is 22.7 Å². The van der Waals surface area contributed by atoms with Gasteiger partial charge in [-0.05, 0) is 11.1 Å². The highest BCUT2D eigenvalue weighted by molar-refractivity contribution is 6.31. The second kappa shape index (κ2) is 9.96. The lowest BCUT2D eigenvalue weighted by atomic mass is 9.99. The van der Waals surface area contributed by atoms with Crippen molar-refractivity contribution in [1.29, 1.82) is 10.5 Å². The van der Waals surface area contributed by atoms with Crippen molar-refractivity contribution in [2.75, 3.05) is 0 Å². The SMILES string of the molecule is N#C/C(C(=O)O)=C(/C(=O)OC(=O)/C(=C(/C#N)C(=O)O)c1ccccc1)c1ccccc1. The quantitative estimate of drug-likeness (QED) is 0.310. The highest BCUT2D eigenvalue weighted by Crippen LogP contribution is 2.25. The van der Waals surface area contributed by atoms with E-state index in [1.807, 2.05) is 0 Å². The second-order valence-corrected chi connectivity index (χ2v) is 5.74. The molecule has 0 heterocycles. The topological polar surface area (TPSA) is 166 Å². The van der Waals surface area contributed by atoms with Crippen LogP contribution in [0.15, 0.2) is 71.8 Å². The molecular weight excluding hydrogens is 404 g/mol. The minimum atomic E-state index is -1.73. The van der Waals surface area contributed by atoms with Gasteiger partial charge in [0.15, 0.2) is 11.1 Å². The van der Waals surface area contributed by atoms with E-state index in [0.717, 1.165) is 0 Å². The third kappa shape index (κ3) is 5.08. The summed E-state index contributed by atoms with van der Waals surface area (Å²) in [5.41, 5.74) is -3.39. The van der Waals surface area contributed by atoms with Crippen LogP contribution in [-0.2, 0) is 23.9 Å². The molecule has 0 unspecified atom stereocenters. The maximum atomic E-state index is 12.7. The molecule has 0 saturated heterocycles. The molecule has 0 fully saturated rings. The zero-order valence-corrected chi connectivity index (χ0v) is 15.6. The van der Waals surface area contributed by atoms with Gasteiger partial charge in [-0.2, -0.15) is 10.5 Å². The minimum Gasteiger partial charge on any atom is -0.477 e. The Balaban J connectivity index is 2.60. The van der Waals surface area contributed by atoms with Crippen molar-refractivity contribution < 1.29 is 34.1 Å². The summed E-state index contributed by atoms with van der Waals surface area (Å²) in [6, 6.07) is 17.1. The van der Waals surface area contributed by atoms with Crippen LogP contribution in [-0.4, -0.2) is 34.1 Å². The van der Waals surface area contributed by atoms with Crippen LogP contribution in [0.4, 0.5) is 0 Å². The summed E-state index contributed by atoms with van der Waals surface area (Å²) in [5, 5.41) is 36.9. The fourth-order valence-corrected chi connectivity index (χ4v) is 2.55. The third-order valence-electron chi connectivity index (χ3n) is 3.87. The number of hydrogen-bond acceptors (Lipinski definition) is 7. The summed E-state index contributed by atoms with van der Waals surface area (Å²) in [7, 11) is 0. The number of nitriles is 2. The zero-order valence-electron chi connectivity index (χ0n) is 15.6. The standard InChI is InChI=1S/C22H12N2O7/c23-11-15(19(25)26)17(13-7-3-1-4-8-13)21(29)31-22(30)18(16(12-24)20(27)28)14-9-5-2-6-10-14/h1-10H,(H,25,26)(H,27,28)/b17-15-,18-16-. The predicted octanol–water partition coefficient (Wildman–Crippen LogP) is 2.18. The molecule has 0 radical (unpaired) electrons. The fraction of sp³-hybridized carbons (Fsp3) is 0. The molecule has 2 aromatic carbocycles. The number of hydrogen-bond donors (Lipinski definition) is 2. The normalized spacial score (nSPS) is 11.7. The van der Waals surface area contributed by atoms with Crippen molar-refractivity contribution in [3.63, 3.8) is 0 Å². The molecule has 0 aliphatic carbocycles. The van der Waals surface area contributed by atoms with E-state index in [9.17, 15) is 39.9 Å². The Hall–Kier alpha value is -5.02. The second-order valence-electron chi connectivity index (χ2n) is 5.74. The first-order valence-electron chi connectivity index (χ1n) is 8.44. The van der Waals surface area contributed by atoms with Gasteiger partial charge in [0.2, 0.25) is 0 Å². The Kier molecular flexibility index (Phi) is 7.15. The summed E-state index contributed by atoms with van der Waals surface area (Å²) in [6.45, 7) is 0. The Bertz CT molecular complexity index is 1100. The molecule has 2 aromatic rings. The zero-order chi connectivity index (χ0) is 23.0. The smallest absolute Gasteiger partial charge is 0.348 e. The highest BCUT2D eigenvalue weighted by atomic mass is 16.6. The van der Waals surface area contributed by atoms with Gasteiger partial charge < -0.3 is 14.9 Å². The Labute approximate surface area is 175 Å². The molecule has 0 amide bonds. The molecule has 0 aliphatic rings. The van der Waals surface area contributed by atoms with E-state index in [0.29, 0.717) is 0 Å². The van der Waals surface area contributed by atoms with Gasteiger partial charge in [-0.1, -0.05) is 60.7 Å². The molecule has 152 valence electrons. The van der Waals surface area contributed by atoms with Crippen LogP contribution in [0.25, 0.3) is 11.1 Å². The molecule has 0 aliphatic heterocycles. The predicted molar refractivity (Wildman–Crippen MR) is 104 cm³/mol. The van der Waals surface area contributed by atoms with Gasteiger partial charge in [0.25, 0.3) is 0 Å². The number of aliphatic carboxylic acids is 2. The van der Waals surface area contributed by atoms with E-state index in [2.05, 4.69) is 0 Å². The fourth-order valence-electron chi connectivity index (χ4n) is 2.55. The van der Waals surface area contributed by atoms with Crippen molar-refractivity contribution >= 4 is 35.0 Å². The van der Waals surface area contributed by atoms with E-state index in [1.165, 1.54) is 60.7 Å². The van der Waals surface area contributed by atoms with Crippen molar-refractivity contribution in [1.82, 2.24) is 0 Å². The molecule has 31 heavy (non-hydrogen) atoms. The van der Waals surface area contributed by atoms with E-state index in [-0.39, 0.29) is 11.1 Å². The van der Waals surface area contributed by atoms with Gasteiger partial charge in [0.05, 0.1) is 11.1 Å². The van der Waals surface area contributed by atoms with Gasteiger partial charge in [0.1, 0.15) is 12.1 Å². The number of nitrogens with zero attached hydrogens (tertiary/aromatic N) is 2. The van der Waals surface area contributed by atoms with E-state index >= 15 is 0 Å². The monoisotopic (exact) mass is 416 g/mol. The van der Waals surface area contributed by atoms with Crippen molar-refractivity contribution in [2.24, 2.45) is 0 Å². The average molecular weight is 416 g/mol. The maximum absolute atomic E-state index is 12.7. The molecule has 9 heteroatoms. The lowest BCUT2D eigenvalue weighted by molar-refractivity contribution is -0.151. The first-order valence-corrected chi connectivity index (χ1v) is 8.44. The molecule has 2 rings (SSSR count). The summed E-state index contributed by atoms with van der Waals surface area (Å²) in [5.74, 6) is -6.45. The molecule has 0 atom stereocenters. The third-order valence-corrected chi connectivity index (χ3v) is 3.87. The Morgan fingerprint density at radius 2 is 0.968 bits per heavy atom. The van der Waals surface area contributed by atoms with Gasteiger partial charge in [-0.3, -0.25) is 0 Å². The summed E-state index contributed by atoms with van der Waals surface area (Å²) in [6.07, 6.45) is 0. The van der Waals surface area contributed by atoms with Crippen LogP contribution >= 0.6 is 0 Å². The summed E-state index contributed by atoms with van der Waals surface area (Å²) in [4.78, 5) is 48.3. The van der Waals surface area contributed by atoms with Gasteiger partial charge in [-0.25, -0.2) is 19.2 Å². The molecule has 0 aromatic heterocycles. The Morgan fingerprint density at radius 1 is 0.645 bits per heavy atom. The number of carbonyl (C=O) groups excluding carboxylic acids is 2. The van der Waals surface area contributed by atoms with E-state index < -0.39 is 46.2 Å². The summed E-state index contributed by atoms with van der Waals surface area (Å²) < 4.78 is 4.73. The summed E-state index contributed by atoms with van der Waals surface area (Å²) >= 11 is 0. The molecule has 9 nitrogen and oxygen atoms in total. The lowest BCUT2D eigenvalue weighted by Gasteiger charge is -2.11. The van der Waals surface area contributed by atoms with Crippen LogP contribution < -0.4 is 0 Å². The number of carbonyl (C=O) groups is 4. The lowest BCUT2D eigenvalue weighted by Crippen LogP contribution is -2.20. The van der Waals surface area contributed by atoms with Crippen molar-refractivity contribution in [2.45, 2.75) is 0 Å². The van der Waals surface area contributed by atoms with Gasteiger partial charge in [-0.15, -0.1) is 0 Å². The highest BCUT2D eigenvalue weighted by Gasteiger charge is 2.30. The van der Waals surface area contributed by atoms with Crippen LogP contribution in [0.3, 0.4) is 0 Å². The Morgan fingerprint density at radius 3 is 1.23 bits per heavy atom. The maximum Gasteiger partial charge on any atom is 0.348 e. The minimum absolute atomic E-state index is 0.0109. The first kappa shape index (κ1) is 22.3. The number of carboxylic acids is 2. The van der Waals surface area contributed by atoms with Crippen LogP contribution in [0.5, 0.6) is 0 Å². The van der Waals surface area contributed by atoms with Crippen LogP contribution in [0.1, 0.15) is 11.1 Å². The molecule has 2 N–H and O–H groups in total. The number of rotatable bonds is 6. The molecular formula is C22H12N2O7. The molecule has 0 spiro atoms. The number of benzene rings is 2. The van der Waals surface area contributed by atoms with Crippen molar-refractivity contribution in [3.05, 3.63) is 82.9 Å². The van der Waals surface area contributed by atoms with E-state index in [4.69, 9.17) is 4.74 Å². The molecule has 0 bridgehead atoms. The largest absolute Gasteiger partial charge is 0.477 e. The number of carboxylic acid groups (broad SMARTS) is 2.